The average molecular weight is 163 g/mol. The van der Waals surface area contributed by atoms with Gasteiger partial charge < -0.3 is 4.52 Å². The van der Waals surface area contributed by atoms with Gasteiger partial charge in [-0.05, 0) is 0 Å². The van der Waals surface area contributed by atoms with Crippen molar-refractivity contribution < 1.29 is 4.52 Å². The van der Waals surface area contributed by atoms with Crippen molar-refractivity contribution in [1.82, 2.24) is 19.9 Å². The summed E-state index contributed by atoms with van der Waals surface area (Å²) in [5, 5.41) is 7.69. The van der Waals surface area contributed by atoms with E-state index < -0.39 is 0 Å². The quantitative estimate of drug-likeness (QED) is 0.643. The van der Waals surface area contributed by atoms with Gasteiger partial charge in [-0.25, -0.2) is 0 Å². The predicted molar refractivity (Wildman–Crippen MR) is 39.2 cm³/mol. The van der Waals surface area contributed by atoms with Gasteiger partial charge in [0, 0.05) is 19.2 Å². The molecule has 0 fully saturated rings. The van der Waals surface area contributed by atoms with Crippen molar-refractivity contribution in [3.63, 3.8) is 0 Å². The number of aromatic nitrogens is 4. The monoisotopic (exact) mass is 163 g/mol. The second kappa shape index (κ2) is 2.77. The highest BCUT2D eigenvalue weighted by molar-refractivity contribution is 4.86. The fourth-order valence-electron chi connectivity index (χ4n) is 0.897. The minimum atomic E-state index is 0.529. The van der Waals surface area contributed by atoms with E-state index in [0.29, 0.717) is 18.3 Å². The SMILES string of the molecule is Cc1nc(Cn2c[c]cn2)no1. The summed E-state index contributed by atoms with van der Waals surface area (Å²) in [6.07, 6.45) is 3.32. The van der Waals surface area contributed by atoms with Crippen LogP contribution in [0.1, 0.15) is 11.7 Å². The Kier molecular flexibility index (Phi) is 1.62. The van der Waals surface area contributed by atoms with E-state index in [1.807, 2.05) is 0 Å². The smallest absolute Gasteiger partial charge is 0.223 e. The Hall–Kier alpha value is -1.65. The Morgan fingerprint density at radius 3 is 3.17 bits per heavy atom. The number of hydrogen-bond acceptors (Lipinski definition) is 4. The number of nitrogens with zero attached hydrogens (tertiary/aromatic N) is 4. The summed E-state index contributed by atoms with van der Waals surface area (Å²) in [7, 11) is 0. The Labute approximate surface area is 69.0 Å². The van der Waals surface area contributed by atoms with E-state index in [4.69, 9.17) is 4.52 Å². The average Bonchev–Trinajstić information content (AvgIpc) is 2.63. The molecular weight excluding hydrogens is 156 g/mol. The van der Waals surface area contributed by atoms with Crippen molar-refractivity contribution in [3.05, 3.63) is 30.2 Å². The lowest BCUT2D eigenvalue weighted by atomic mass is 10.6. The molecule has 2 rings (SSSR count). The molecule has 61 valence electrons. The molecule has 2 aromatic rings. The van der Waals surface area contributed by atoms with E-state index in [1.54, 1.807) is 24.0 Å². The van der Waals surface area contributed by atoms with Gasteiger partial charge in [0.25, 0.3) is 0 Å². The third kappa shape index (κ3) is 1.34. The minimum absolute atomic E-state index is 0.529. The van der Waals surface area contributed by atoms with Crippen LogP contribution in [-0.2, 0) is 6.54 Å². The molecule has 0 aliphatic heterocycles. The molecule has 0 N–H and O–H groups in total. The maximum absolute atomic E-state index is 4.80. The van der Waals surface area contributed by atoms with Gasteiger partial charge in [0.15, 0.2) is 5.82 Å². The number of hydrogen-bond donors (Lipinski definition) is 0. The fourth-order valence-corrected chi connectivity index (χ4v) is 0.897. The largest absolute Gasteiger partial charge is 0.340 e. The lowest BCUT2D eigenvalue weighted by molar-refractivity contribution is 0.385. The first-order valence-electron chi connectivity index (χ1n) is 3.52. The van der Waals surface area contributed by atoms with Crippen LogP contribution in [0.2, 0.25) is 0 Å². The summed E-state index contributed by atoms with van der Waals surface area (Å²) in [4.78, 5) is 4.03. The molecule has 1 radical (unpaired) electrons. The third-order valence-corrected chi connectivity index (χ3v) is 1.38. The highest BCUT2D eigenvalue weighted by Gasteiger charge is 2.01. The molecule has 2 aromatic heterocycles. The normalized spacial score (nSPS) is 10.4. The zero-order valence-electron chi connectivity index (χ0n) is 6.56. The van der Waals surface area contributed by atoms with Crippen LogP contribution in [0.25, 0.3) is 0 Å². The molecule has 0 unspecified atom stereocenters. The molecule has 0 amide bonds. The third-order valence-electron chi connectivity index (χ3n) is 1.38. The van der Waals surface area contributed by atoms with Crippen molar-refractivity contribution in [2.24, 2.45) is 0 Å². The first kappa shape index (κ1) is 7.02. The summed E-state index contributed by atoms with van der Waals surface area (Å²) in [5.41, 5.74) is 0. The molecule has 0 aromatic carbocycles. The zero-order chi connectivity index (χ0) is 8.39. The lowest BCUT2D eigenvalue weighted by Gasteiger charge is -1.92. The molecule has 5 heteroatoms. The topological polar surface area (TPSA) is 56.7 Å². The molecule has 2 heterocycles. The summed E-state index contributed by atoms with van der Waals surface area (Å²) >= 11 is 0. The lowest BCUT2D eigenvalue weighted by Crippen LogP contribution is -2.01. The Balaban J connectivity index is 2.14. The number of aryl methyl sites for hydroxylation is 1. The van der Waals surface area contributed by atoms with Crippen molar-refractivity contribution in [3.8, 4) is 0 Å². The first-order chi connectivity index (χ1) is 5.84. The molecule has 0 saturated heterocycles. The molecule has 0 aliphatic carbocycles. The van der Waals surface area contributed by atoms with Crippen LogP contribution in [0.3, 0.4) is 0 Å². The molecule has 12 heavy (non-hydrogen) atoms. The summed E-state index contributed by atoms with van der Waals surface area (Å²) in [5.74, 6) is 1.20. The van der Waals surface area contributed by atoms with Crippen molar-refractivity contribution >= 4 is 0 Å². The fraction of sp³-hybridized carbons (Fsp3) is 0.286. The van der Waals surface area contributed by atoms with Gasteiger partial charge in [0.2, 0.25) is 5.89 Å². The zero-order valence-corrected chi connectivity index (χ0v) is 6.56. The summed E-state index contributed by atoms with van der Waals surface area (Å²) in [6.45, 7) is 2.28. The van der Waals surface area contributed by atoms with Crippen molar-refractivity contribution in [2.75, 3.05) is 0 Å². The van der Waals surface area contributed by atoms with Crippen LogP contribution in [-0.4, -0.2) is 19.9 Å². The molecular formula is C7H7N4O. The predicted octanol–water partition coefficient (Wildman–Crippen LogP) is 0.423. The van der Waals surface area contributed by atoms with E-state index in [9.17, 15) is 0 Å². The number of rotatable bonds is 2. The van der Waals surface area contributed by atoms with E-state index >= 15 is 0 Å². The van der Waals surface area contributed by atoms with Gasteiger partial charge in [-0.3, -0.25) is 4.68 Å². The Bertz CT molecular complexity index is 351. The molecule has 0 aliphatic rings. The van der Waals surface area contributed by atoms with Crippen LogP contribution in [0.4, 0.5) is 0 Å². The van der Waals surface area contributed by atoms with Gasteiger partial charge in [-0.2, -0.15) is 10.1 Å². The first-order valence-corrected chi connectivity index (χ1v) is 3.52. The van der Waals surface area contributed by atoms with Crippen LogP contribution in [0, 0.1) is 13.0 Å². The summed E-state index contributed by atoms with van der Waals surface area (Å²) in [6, 6.07) is 2.82. The molecule has 0 saturated carbocycles. The van der Waals surface area contributed by atoms with E-state index in [2.05, 4.69) is 21.3 Å². The highest BCUT2D eigenvalue weighted by atomic mass is 16.5. The maximum Gasteiger partial charge on any atom is 0.223 e. The Morgan fingerprint density at radius 1 is 1.67 bits per heavy atom. The van der Waals surface area contributed by atoms with Gasteiger partial charge >= 0.3 is 0 Å². The summed E-state index contributed by atoms with van der Waals surface area (Å²) < 4.78 is 6.49. The van der Waals surface area contributed by atoms with Crippen LogP contribution in [0.15, 0.2) is 16.9 Å². The Morgan fingerprint density at radius 2 is 2.58 bits per heavy atom. The van der Waals surface area contributed by atoms with Gasteiger partial charge in [-0.1, -0.05) is 5.16 Å². The van der Waals surface area contributed by atoms with Crippen molar-refractivity contribution in [1.29, 1.82) is 0 Å². The standard InChI is InChI=1S/C7H7N4O/c1-6-9-7(10-12-6)5-11-4-2-3-8-11/h3-4H,5H2,1H3. The van der Waals surface area contributed by atoms with E-state index in [-0.39, 0.29) is 0 Å². The molecule has 0 spiro atoms. The van der Waals surface area contributed by atoms with Gasteiger partial charge in [0.1, 0.15) is 6.54 Å². The second-order valence-electron chi connectivity index (χ2n) is 2.37. The van der Waals surface area contributed by atoms with Crippen LogP contribution in [0.5, 0.6) is 0 Å². The van der Waals surface area contributed by atoms with Gasteiger partial charge in [0.05, 0.1) is 6.20 Å². The highest BCUT2D eigenvalue weighted by Crippen LogP contribution is 1.96. The van der Waals surface area contributed by atoms with Crippen molar-refractivity contribution in [2.45, 2.75) is 13.5 Å². The van der Waals surface area contributed by atoms with E-state index in [0.717, 1.165) is 0 Å². The molecule has 0 atom stereocenters. The van der Waals surface area contributed by atoms with Crippen LogP contribution >= 0.6 is 0 Å². The second-order valence-corrected chi connectivity index (χ2v) is 2.37. The van der Waals surface area contributed by atoms with E-state index in [1.165, 1.54) is 0 Å². The maximum atomic E-state index is 4.80. The molecule has 0 bridgehead atoms. The minimum Gasteiger partial charge on any atom is -0.340 e. The van der Waals surface area contributed by atoms with Gasteiger partial charge in [-0.15, -0.1) is 0 Å². The molecule has 5 nitrogen and oxygen atoms in total. The van der Waals surface area contributed by atoms with Crippen LogP contribution < -0.4 is 0 Å².